The smallest absolute Gasteiger partial charge is 0.415 e. The van der Waals surface area contributed by atoms with E-state index in [-0.39, 0.29) is 0 Å². The van der Waals surface area contributed by atoms with Crippen molar-refractivity contribution in [1.82, 2.24) is 4.57 Å². The third-order valence-electron chi connectivity index (χ3n) is 2.18. The van der Waals surface area contributed by atoms with Gasteiger partial charge < -0.3 is 10.8 Å². The van der Waals surface area contributed by atoms with Gasteiger partial charge in [-0.25, -0.2) is 4.79 Å². The lowest BCUT2D eigenvalue weighted by Crippen LogP contribution is -2.11. The number of fused-ring (bicyclic) bond motifs is 1. The Balaban J connectivity index is 2.72. The first-order valence-electron chi connectivity index (χ1n) is 4.24. The molecule has 1 aromatic carbocycles. The molecule has 1 heterocycles. The molecule has 0 fully saturated rings. The van der Waals surface area contributed by atoms with Gasteiger partial charge in [0, 0.05) is 17.1 Å². The summed E-state index contributed by atoms with van der Waals surface area (Å²) in [6, 6.07) is 6.35. The van der Waals surface area contributed by atoms with Crippen molar-refractivity contribution in [3.05, 3.63) is 36.0 Å². The van der Waals surface area contributed by atoms with Crippen LogP contribution in [0.4, 0.5) is 4.79 Å². The summed E-state index contributed by atoms with van der Waals surface area (Å²) in [6.07, 6.45) is 0.337. The first-order chi connectivity index (χ1) is 7.09. The SMILES string of the molecule is NC(=O)c1ccc2ccn(C(=O)O)c2c1. The highest BCUT2D eigenvalue weighted by Crippen LogP contribution is 2.17. The molecule has 2 aromatic rings. The van der Waals surface area contributed by atoms with Crippen LogP contribution in [-0.2, 0) is 0 Å². The number of nitrogens with two attached hydrogens (primary N) is 1. The van der Waals surface area contributed by atoms with Gasteiger partial charge in [-0.2, -0.15) is 0 Å². The molecule has 5 heteroatoms. The zero-order valence-electron chi connectivity index (χ0n) is 7.68. The van der Waals surface area contributed by atoms with E-state index in [1.807, 2.05) is 0 Å². The lowest BCUT2D eigenvalue weighted by Gasteiger charge is -1.99. The minimum atomic E-state index is -1.09. The number of primary amides is 1. The van der Waals surface area contributed by atoms with E-state index in [9.17, 15) is 9.59 Å². The third kappa shape index (κ3) is 1.43. The molecule has 1 amide bonds. The van der Waals surface area contributed by atoms with Gasteiger partial charge in [-0.3, -0.25) is 9.36 Å². The van der Waals surface area contributed by atoms with Crippen LogP contribution in [-0.4, -0.2) is 21.7 Å². The number of nitrogens with zero attached hydrogens (tertiary/aromatic N) is 1. The number of hydrogen-bond donors (Lipinski definition) is 2. The van der Waals surface area contributed by atoms with Crippen molar-refractivity contribution in [2.24, 2.45) is 5.73 Å². The largest absolute Gasteiger partial charge is 0.464 e. The molecule has 0 unspecified atom stereocenters. The summed E-state index contributed by atoms with van der Waals surface area (Å²) in [5.41, 5.74) is 5.86. The standard InChI is InChI=1S/C10H8N2O3/c11-9(13)7-2-1-6-3-4-12(10(14)15)8(6)5-7/h1-5H,(H2,11,13)(H,14,15). The maximum absolute atomic E-state index is 10.9. The van der Waals surface area contributed by atoms with Gasteiger partial charge in [-0.15, -0.1) is 0 Å². The van der Waals surface area contributed by atoms with Crippen molar-refractivity contribution in [1.29, 1.82) is 0 Å². The highest BCUT2D eigenvalue weighted by molar-refractivity contribution is 5.98. The highest BCUT2D eigenvalue weighted by Gasteiger charge is 2.08. The molecule has 76 valence electrons. The lowest BCUT2D eigenvalue weighted by molar-refractivity contribution is 0.1000. The number of benzene rings is 1. The van der Waals surface area contributed by atoms with E-state index in [0.717, 1.165) is 9.95 Å². The first-order valence-corrected chi connectivity index (χ1v) is 4.24. The zero-order chi connectivity index (χ0) is 11.0. The Bertz CT molecular complexity index is 557. The summed E-state index contributed by atoms with van der Waals surface area (Å²) in [7, 11) is 0. The minimum absolute atomic E-state index is 0.295. The average Bonchev–Trinajstić information content (AvgIpc) is 2.59. The Morgan fingerprint density at radius 3 is 2.60 bits per heavy atom. The quantitative estimate of drug-likeness (QED) is 0.733. The van der Waals surface area contributed by atoms with E-state index in [1.165, 1.54) is 12.3 Å². The maximum atomic E-state index is 10.9. The maximum Gasteiger partial charge on any atom is 0.415 e. The summed E-state index contributed by atoms with van der Waals surface area (Å²) >= 11 is 0. The van der Waals surface area contributed by atoms with Crippen LogP contribution in [0.2, 0.25) is 0 Å². The van der Waals surface area contributed by atoms with E-state index in [2.05, 4.69) is 0 Å². The second kappa shape index (κ2) is 3.13. The summed E-state index contributed by atoms with van der Waals surface area (Å²) < 4.78 is 1.04. The number of rotatable bonds is 1. The van der Waals surface area contributed by atoms with Crippen molar-refractivity contribution in [2.45, 2.75) is 0 Å². The Hall–Kier alpha value is -2.30. The predicted molar refractivity (Wildman–Crippen MR) is 53.9 cm³/mol. The van der Waals surface area contributed by atoms with E-state index < -0.39 is 12.0 Å². The van der Waals surface area contributed by atoms with E-state index in [1.54, 1.807) is 18.2 Å². The van der Waals surface area contributed by atoms with E-state index in [4.69, 9.17) is 10.8 Å². The second-order valence-electron chi connectivity index (χ2n) is 3.11. The highest BCUT2D eigenvalue weighted by atomic mass is 16.4. The number of aromatic nitrogens is 1. The molecular formula is C10H8N2O3. The van der Waals surface area contributed by atoms with Gasteiger partial charge in [0.1, 0.15) is 0 Å². The molecule has 5 nitrogen and oxygen atoms in total. The summed E-state index contributed by atoms with van der Waals surface area (Å²) in [5, 5.41) is 9.60. The fraction of sp³-hybridized carbons (Fsp3) is 0. The van der Waals surface area contributed by atoms with E-state index >= 15 is 0 Å². The Morgan fingerprint density at radius 2 is 2.00 bits per heavy atom. The topological polar surface area (TPSA) is 85.3 Å². The van der Waals surface area contributed by atoms with Gasteiger partial charge in [-0.05, 0) is 18.2 Å². The fourth-order valence-electron chi connectivity index (χ4n) is 1.45. The Morgan fingerprint density at radius 1 is 1.27 bits per heavy atom. The molecule has 0 aliphatic carbocycles. The molecule has 0 saturated heterocycles. The van der Waals surface area contributed by atoms with Crippen LogP contribution in [0.1, 0.15) is 10.4 Å². The number of amides is 1. The van der Waals surface area contributed by atoms with Gasteiger partial charge in [0.2, 0.25) is 5.91 Å². The van der Waals surface area contributed by atoms with Crippen molar-refractivity contribution < 1.29 is 14.7 Å². The molecular weight excluding hydrogens is 196 g/mol. The zero-order valence-corrected chi connectivity index (χ0v) is 7.68. The molecule has 0 saturated carbocycles. The van der Waals surface area contributed by atoms with Crippen LogP contribution in [0, 0.1) is 0 Å². The number of carbonyl (C=O) groups excluding carboxylic acids is 1. The average molecular weight is 204 g/mol. The second-order valence-corrected chi connectivity index (χ2v) is 3.11. The molecule has 0 spiro atoms. The number of carbonyl (C=O) groups is 2. The summed E-state index contributed by atoms with van der Waals surface area (Å²) in [5.74, 6) is -0.574. The molecule has 0 bridgehead atoms. The molecule has 3 N–H and O–H groups in total. The van der Waals surface area contributed by atoms with Gasteiger partial charge in [0.15, 0.2) is 0 Å². The van der Waals surface area contributed by atoms with Crippen LogP contribution in [0.25, 0.3) is 10.9 Å². The van der Waals surface area contributed by atoms with E-state index in [0.29, 0.717) is 11.1 Å². The van der Waals surface area contributed by atoms with Gasteiger partial charge in [0.05, 0.1) is 5.52 Å². The minimum Gasteiger partial charge on any atom is -0.464 e. The molecule has 0 radical (unpaired) electrons. The van der Waals surface area contributed by atoms with Gasteiger partial charge in [-0.1, -0.05) is 6.07 Å². The monoisotopic (exact) mass is 204 g/mol. The van der Waals surface area contributed by atoms with Crippen molar-refractivity contribution in [2.75, 3.05) is 0 Å². The fourth-order valence-corrected chi connectivity index (χ4v) is 1.45. The summed E-state index contributed by atoms with van der Waals surface area (Å²) in [6.45, 7) is 0. The van der Waals surface area contributed by atoms with Crippen LogP contribution in [0.5, 0.6) is 0 Å². The molecule has 15 heavy (non-hydrogen) atoms. The molecule has 1 aromatic heterocycles. The normalized spacial score (nSPS) is 10.4. The molecule has 0 aliphatic rings. The van der Waals surface area contributed by atoms with Crippen LogP contribution in [0.3, 0.4) is 0 Å². The number of carboxylic acid groups (broad SMARTS) is 1. The molecule has 2 rings (SSSR count). The first kappa shape index (κ1) is 9.26. The summed E-state index contributed by atoms with van der Waals surface area (Å²) in [4.78, 5) is 21.7. The number of hydrogen-bond acceptors (Lipinski definition) is 2. The molecule has 0 atom stereocenters. The van der Waals surface area contributed by atoms with Crippen molar-refractivity contribution in [3.63, 3.8) is 0 Å². The predicted octanol–water partition coefficient (Wildman–Crippen LogP) is 1.27. The van der Waals surface area contributed by atoms with Crippen LogP contribution in [0.15, 0.2) is 30.5 Å². The van der Waals surface area contributed by atoms with Gasteiger partial charge in [0.25, 0.3) is 0 Å². The van der Waals surface area contributed by atoms with Crippen LogP contribution >= 0.6 is 0 Å². The Kier molecular flexibility index (Phi) is 1.93. The van der Waals surface area contributed by atoms with Crippen LogP contribution < -0.4 is 5.73 Å². The molecule has 0 aliphatic heterocycles. The Labute approximate surface area is 84.7 Å². The van der Waals surface area contributed by atoms with Crippen molar-refractivity contribution in [3.8, 4) is 0 Å². The third-order valence-corrected chi connectivity index (χ3v) is 2.18. The van der Waals surface area contributed by atoms with Crippen molar-refractivity contribution >= 4 is 22.9 Å². The van der Waals surface area contributed by atoms with Gasteiger partial charge >= 0.3 is 6.09 Å². The lowest BCUT2D eigenvalue weighted by atomic mass is 10.1.